The van der Waals surface area contributed by atoms with Gasteiger partial charge in [0.25, 0.3) is 0 Å². The van der Waals surface area contributed by atoms with Gasteiger partial charge < -0.3 is 4.90 Å². The fraction of sp³-hybridized carbons (Fsp3) is 0.455. The van der Waals surface area contributed by atoms with E-state index in [9.17, 15) is 0 Å². The predicted octanol–water partition coefficient (Wildman–Crippen LogP) is 5.56. The van der Waals surface area contributed by atoms with Crippen LogP contribution in [0.25, 0.3) is 21.3 Å². The fourth-order valence-corrected chi connectivity index (χ4v) is 5.09. The van der Waals surface area contributed by atoms with Gasteiger partial charge in [-0.1, -0.05) is 19.1 Å². The minimum atomic E-state index is 0.642. The maximum absolute atomic E-state index is 4.93. The molecule has 136 valence electrons. The lowest BCUT2D eigenvalue weighted by Gasteiger charge is -2.40. The van der Waals surface area contributed by atoms with Crippen LogP contribution < -0.4 is 0 Å². The molecule has 0 atom stereocenters. The summed E-state index contributed by atoms with van der Waals surface area (Å²) in [5.41, 5.74) is 5.76. The van der Waals surface area contributed by atoms with Crippen molar-refractivity contribution in [3.63, 3.8) is 0 Å². The van der Waals surface area contributed by atoms with Crippen molar-refractivity contribution < 1.29 is 0 Å². The van der Waals surface area contributed by atoms with E-state index in [0.29, 0.717) is 5.92 Å². The number of aryl methyl sites for hydroxylation is 2. The van der Waals surface area contributed by atoms with Gasteiger partial charge in [0.2, 0.25) is 0 Å². The van der Waals surface area contributed by atoms with Gasteiger partial charge in [-0.3, -0.25) is 4.98 Å². The van der Waals surface area contributed by atoms with Crippen molar-refractivity contribution in [3.05, 3.63) is 46.7 Å². The van der Waals surface area contributed by atoms with Gasteiger partial charge in [-0.05, 0) is 70.5 Å². The summed E-state index contributed by atoms with van der Waals surface area (Å²) < 4.78 is 1.29. The Morgan fingerprint density at radius 2 is 1.92 bits per heavy atom. The lowest BCUT2D eigenvalue weighted by Crippen LogP contribution is -2.41. The molecule has 1 aromatic carbocycles. The van der Waals surface area contributed by atoms with E-state index < -0.39 is 0 Å². The third-order valence-corrected chi connectivity index (χ3v) is 6.78. The van der Waals surface area contributed by atoms with E-state index in [0.717, 1.165) is 22.9 Å². The van der Waals surface area contributed by atoms with Crippen molar-refractivity contribution in [2.24, 2.45) is 0 Å². The van der Waals surface area contributed by atoms with E-state index >= 15 is 0 Å². The van der Waals surface area contributed by atoms with Crippen molar-refractivity contribution >= 4 is 21.6 Å². The highest BCUT2D eigenvalue weighted by molar-refractivity contribution is 7.18. The zero-order valence-electron chi connectivity index (χ0n) is 16.1. The summed E-state index contributed by atoms with van der Waals surface area (Å²) in [6.07, 6.45) is 3.74. The zero-order valence-corrected chi connectivity index (χ0v) is 16.9. The van der Waals surface area contributed by atoms with Crippen LogP contribution >= 0.6 is 11.3 Å². The Labute approximate surface area is 160 Å². The van der Waals surface area contributed by atoms with Gasteiger partial charge in [-0.25, -0.2) is 4.98 Å². The second-order valence-electron chi connectivity index (χ2n) is 7.62. The normalized spacial score (nSPS) is 19.9. The van der Waals surface area contributed by atoms with Gasteiger partial charge in [-0.2, -0.15) is 0 Å². The molecular weight excluding hydrogens is 338 g/mol. The molecule has 4 rings (SSSR count). The molecule has 1 fully saturated rings. The molecule has 0 N–H and O–H groups in total. The van der Waals surface area contributed by atoms with Gasteiger partial charge in [0.05, 0.1) is 15.2 Å². The molecule has 1 aliphatic carbocycles. The summed E-state index contributed by atoms with van der Waals surface area (Å²) in [6, 6.07) is 11.7. The van der Waals surface area contributed by atoms with E-state index in [1.165, 1.54) is 46.6 Å². The highest BCUT2D eigenvalue weighted by Crippen LogP contribution is 2.42. The largest absolute Gasteiger partial charge is 0.303 e. The molecule has 0 saturated heterocycles. The first-order chi connectivity index (χ1) is 12.5. The fourth-order valence-electron chi connectivity index (χ4n) is 3.96. The quantitative estimate of drug-likeness (QED) is 0.592. The summed E-state index contributed by atoms with van der Waals surface area (Å²) in [6.45, 7) is 7.58. The van der Waals surface area contributed by atoms with Crippen LogP contribution in [0.5, 0.6) is 0 Å². The molecule has 2 heterocycles. The van der Waals surface area contributed by atoms with E-state index in [2.05, 4.69) is 61.1 Å². The van der Waals surface area contributed by atoms with Crippen LogP contribution in [0.1, 0.15) is 48.5 Å². The third kappa shape index (κ3) is 3.28. The Bertz CT molecular complexity index is 924. The molecule has 2 aromatic heterocycles. The number of fused-ring (bicyclic) bond motifs is 1. The number of aromatic nitrogens is 2. The monoisotopic (exact) mass is 365 g/mol. The maximum Gasteiger partial charge on any atom is 0.0970 e. The molecule has 0 unspecified atom stereocenters. The van der Waals surface area contributed by atoms with Gasteiger partial charge in [-0.15, -0.1) is 11.3 Å². The third-order valence-electron chi connectivity index (χ3n) is 5.60. The topological polar surface area (TPSA) is 29.0 Å². The Hall–Kier alpha value is -1.78. The van der Waals surface area contributed by atoms with Crippen LogP contribution in [0.15, 0.2) is 30.3 Å². The van der Waals surface area contributed by atoms with Gasteiger partial charge >= 0.3 is 0 Å². The highest BCUT2D eigenvalue weighted by atomic mass is 32.1. The molecule has 0 radical (unpaired) electrons. The summed E-state index contributed by atoms with van der Waals surface area (Å²) in [7, 11) is 2.26. The average molecular weight is 366 g/mol. The van der Waals surface area contributed by atoms with E-state index in [-0.39, 0.29) is 0 Å². The minimum Gasteiger partial charge on any atom is -0.303 e. The summed E-state index contributed by atoms with van der Waals surface area (Å²) in [5.74, 6) is 0.642. The first-order valence-electron chi connectivity index (χ1n) is 9.60. The predicted molar refractivity (Wildman–Crippen MR) is 111 cm³/mol. The Kier molecular flexibility index (Phi) is 4.80. The van der Waals surface area contributed by atoms with Gasteiger partial charge in [0.15, 0.2) is 0 Å². The van der Waals surface area contributed by atoms with Gasteiger partial charge in [0, 0.05) is 28.9 Å². The molecular formula is C22H27N3S. The smallest absolute Gasteiger partial charge is 0.0970 e. The molecule has 0 amide bonds. The molecule has 1 aliphatic rings. The SMILES string of the molecule is CCCN(C)[C@H]1C[C@H](c2nc3ccc(-c4ccc(C)nc4C)cc3s2)C1. The summed E-state index contributed by atoms with van der Waals surface area (Å²) in [4.78, 5) is 12.0. The molecule has 1 saturated carbocycles. The number of nitrogens with zero attached hydrogens (tertiary/aromatic N) is 3. The van der Waals surface area contributed by atoms with Crippen LogP contribution in [0.2, 0.25) is 0 Å². The number of rotatable bonds is 5. The van der Waals surface area contributed by atoms with E-state index in [4.69, 9.17) is 4.98 Å². The number of hydrogen-bond donors (Lipinski definition) is 0. The lowest BCUT2D eigenvalue weighted by molar-refractivity contribution is 0.137. The maximum atomic E-state index is 4.93. The Morgan fingerprint density at radius 3 is 2.65 bits per heavy atom. The highest BCUT2D eigenvalue weighted by Gasteiger charge is 2.34. The second kappa shape index (κ2) is 7.09. The van der Waals surface area contributed by atoms with Crippen LogP contribution in [0.4, 0.5) is 0 Å². The van der Waals surface area contributed by atoms with Crippen LogP contribution in [0.3, 0.4) is 0 Å². The Balaban J connectivity index is 1.55. The average Bonchev–Trinajstić information content (AvgIpc) is 2.96. The summed E-state index contributed by atoms with van der Waals surface area (Å²) in [5, 5.41) is 1.32. The van der Waals surface area contributed by atoms with Crippen molar-refractivity contribution in [1.82, 2.24) is 14.9 Å². The number of pyridine rings is 1. The molecule has 3 aromatic rings. The van der Waals surface area contributed by atoms with Crippen molar-refractivity contribution in [2.45, 2.75) is 52.0 Å². The zero-order chi connectivity index (χ0) is 18.3. The second-order valence-corrected chi connectivity index (χ2v) is 8.69. The number of benzene rings is 1. The van der Waals surface area contributed by atoms with Gasteiger partial charge in [0.1, 0.15) is 0 Å². The molecule has 0 aliphatic heterocycles. The van der Waals surface area contributed by atoms with Crippen molar-refractivity contribution in [2.75, 3.05) is 13.6 Å². The first-order valence-corrected chi connectivity index (χ1v) is 10.4. The summed E-state index contributed by atoms with van der Waals surface area (Å²) >= 11 is 1.88. The number of thiazole rings is 1. The van der Waals surface area contributed by atoms with Crippen molar-refractivity contribution in [3.8, 4) is 11.1 Å². The van der Waals surface area contributed by atoms with E-state index in [1.807, 2.05) is 18.3 Å². The lowest BCUT2D eigenvalue weighted by atomic mass is 9.80. The molecule has 0 bridgehead atoms. The molecule has 4 heteroatoms. The van der Waals surface area contributed by atoms with Crippen LogP contribution in [-0.4, -0.2) is 34.5 Å². The molecule has 0 spiro atoms. The van der Waals surface area contributed by atoms with Crippen LogP contribution in [0, 0.1) is 13.8 Å². The minimum absolute atomic E-state index is 0.642. The van der Waals surface area contributed by atoms with Crippen LogP contribution in [-0.2, 0) is 0 Å². The Morgan fingerprint density at radius 1 is 1.12 bits per heavy atom. The van der Waals surface area contributed by atoms with E-state index in [1.54, 1.807) is 0 Å². The molecule has 3 nitrogen and oxygen atoms in total. The van der Waals surface area contributed by atoms with Crippen molar-refractivity contribution in [1.29, 1.82) is 0 Å². The number of hydrogen-bond acceptors (Lipinski definition) is 4. The molecule has 26 heavy (non-hydrogen) atoms. The first kappa shape index (κ1) is 17.6. The standard InChI is InChI=1S/C22H27N3S/c1-5-10-25(4)18-11-17(12-18)22-24-20-9-7-16(13-21(20)26-22)19-8-6-14(2)23-15(19)3/h6-9,13,17-18H,5,10-12H2,1-4H3/t17-,18-.